The Morgan fingerprint density at radius 3 is 2.96 bits per heavy atom. The van der Waals surface area contributed by atoms with E-state index < -0.39 is 0 Å². The second-order valence-electron chi connectivity index (χ2n) is 7.11. The van der Waals surface area contributed by atoms with Gasteiger partial charge in [0.15, 0.2) is 0 Å². The van der Waals surface area contributed by atoms with E-state index in [9.17, 15) is 4.79 Å². The van der Waals surface area contributed by atoms with Crippen LogP contribution in [-0.4, -0.2) is 37.4 Å². The Morgan fingerprint density at radius 2 is 2.15 bits per heavy atom. The molecule has 6 nitrogen and oxygen atoms in total. The van der Waals surface area contributed by atoms with E-state index in [0.717, 1.165) is 51.3 Å². The van der Waals surface area contributed by atoms with Gasteiger partial charge in [-0.25, -0.2) is 4.79 Å². The van der Waals surface area contributed by atoms with Crippen LogP contribution >= 0.6 is 0 Å². The van der Waals surface area contributed by atoms with Crippen molar-refractivity contribution in [3.63, 3.8) is 0 Å². The smallest absolute Gasteiger partial charge is 0.410 e. The molecule has 2 aromatic rings. The van der Waals surface area contributed by atoms with Crippen LogP contribution in [0.3, 0.4) is 0 Å². The van der Waals surface area contributed by atoms with E-state index in [4.69, 9.17) is 9.47 Å². The Morgan fingerprint density at radius 1 is 1.26 bits per heavy atom. The van der Waals surface area contributed by atoms with Gasteiger partial charge in [0.05, 0.1) is 12.2 Å². The van der Waals surface area contributed by atoms with E-state index in [1.54, 1.807) is 0 Å². The van der Waals surface area contributed by atoms with Gasteiger partial charge in [-0.2, -0.15) is 0 Å². The van der Waals surface area contributed by atoms with Crippen molar-refractivity contribution < 1.29 is 14.3 Å². The van der Waals surface area contributed by atoms with Crippen LogP contribution in [0.2, 0.25) is 0 Å². The summed E-state index contributed by atoms with van der Waals surface area (Å²) in [5, 5.41) is 2.87. The fourth-order valence-electron chi connectivity index (χ4n) is 3.68. The van der Waals surface area contributed by atoms with Gasteiger partial charge in [0.1, 0.15) is 5.75 Å². The first-order valence-electron chi connectivity index (χ1n) is 9.59. The van der Waals surface area contributed by atoms with E-state index in [-0.39, 0.29) is 6.09 Å². The largest absolute Gasteiger partial charge is 0.412 e. The molecule has 1 fully saturated rings. The number of ether oxygens (including phenoxy) is 2. The van der Waals surface area contributed by atoms with Gasteiger partial charge in [-0.05, 0) is 61.1 Å². The van der Waals surface area contributed by atoms with Crippen molar-refractivity contribution in [3.8, 4) is 5.75 Å². The second-order valence-corrected chi connectivity index (χ2v) is 7.11. The molecule has 1 aromatic carbocycles. The minimum atomic E-state index is -0.384. The fraction of sp³-hybridized carbons (Fsp3) is 0.429. The van der Waals surface area contributed by atoms with Crippen molar-refractivity contribution in [3.05, 3.63) is 53.9 Å². The second kappa shape index (κ2) is 8.39. The number of benzene rings is 1. The molecule has 1 amide bonds. The maximum Gasteiger partial charge on any atom is 0.412 e. The lowest BCUT2D eigenvalue weighted by Gasteiger charge is -2.22. The van der Waals surface area contributed by atoms with E-state index in [0.29, 0.717) is 18.2 Å². The van der Waals surface area contributed by atoms with Crippen molar-refractivity contribution >= 4 is 11.8 Å². The van der Waals surface area contributed by atoms with E-state index in [1.807, 2.05) is 42.6 Å². The Balaban J connectivity index is 1.32. The summed E-state index contributed by atoms with van der Waals surface area (Å²) in [4.78, 5) is 18.8. The zero-order chi connectivity index (χ0) is 18.5. The van der Waals surface area contributed by atoms with Crippen molar-refractivity contribution in [2.45, 2.75) is 25.8 Å². The number of fused-ring (bicyclic) bond motifs is 1. The van der Waals surface area contributed by atoms with Gasteiger partial charge in [0.25, 0.3) is 0 Å². The predicted octanol–water partition coefficient (Wildman–Crippen LogP) is 3.16. The first-order chi connectivity index (χ1) is 13.3. The molecule has 6 heteroatoms. The van der Waals surface area contributed by atoms with E-state index in [1.165, 1.54) is 11.3 Å². The van der Waals surface area contributed by atoms with Crippen LogP contribution in [0.5, 0.6) is 5.75 Å². The molecule has 2 aliphatic heterocycles. The molecule has 1 aromatic heterocycles. The van der Waals surface area contributed by atoms with Crippen LogP contribution in [0.25, 0.3) is 0 Å². The molecule has 2 aliphatic rings. The zero-order valence-corrected chi connectivity index (χ0v) is 15.4. The predicted molar refractivity (Wildman–Crippen MR) is 103 cm³/mol. The molecule has 0 spiro atoms. The van der Waals surface area contributed by atoms with Crippen LogP contribution in [0.4, 0.5) is 10.5 Å². The number of amides is 1. The highest BCUT2D eigenvalue weighted by molar-refractivity contribution is 5.71. The summed E-state index contributed by atoms with van der Waals surface area (Å²) < 4.78 is 10.8. The quantitative estimate of drug-likeness (QED) is 0.879. The number of rotatable bonds is 5. The minimum Gasteiger partial charge on any atom is -0.410 e. The number of carbonyl (C=O) groups is 1. The Kier molecular flexibility index (Phi) is 5.53. The maximum atomic E-state index is 12.1. The Labute approximate surface area is 159 Å². The lowest BCUT2D eigenvalue weighted by molar-refractivity contribution is 0.0663. The Bertz CT molecular complexity index is 775. The molecule has 3 heterocycles. The van der Waals surface area contributed by atoms with Crippen LogP contribution in [0.15, 0.2) is 42.6 Å². The van der Waals surface area contributed by atoms with Crippen molar-refractivity contribution in [2.75, 3.05) is 31.2 Å². The van der Waals surface area contributed by atoms with Crippen LogP contribution < -0.4 is 15.0 Å². The van der Waals surface area contributed by atoms with Crippen molar-refractivity contribution in [2.24, 2.45) is 5.92 Å². The third-order valence-corrected chi connectivity index (χ3v) is 5.21. The van der Waals surface area contributed by atoms with Crippen LogP contribution in [0, 0.1) is 5.92 Å². The van der Waals surface area contributed by atoms with Crippen LogP contribution in [-0.2, 0) is 17.7 Å². The molecule has 1 saturated heterocycles. The lowest BCUT2D eigenvalue weighted by Crippen LogP contribution is -2.34. The van der Waals surface area contributed by atoms with E-state index >= 15 is 0 Å². The minimum absolute atomic E-state index is 0.384. The van der Waals surface area contributed by atoms with Gasteiger partial charge in [-0.3, -0.25) is 4.98 Å². The molecule has 4 rings (SSSR count). The van der Waals surface area contributed by atoms with Gasteiger partial charge < -0.3 is 19.7 Å². The van der Waals surface area contributed by atoms with Gasteiger partial charge in [-0.15, -0.1) is 0 Å². The number of aromatic nitrogens is 1. The van der Waals surface area contributed by atoms with Gasteiger partial charge in [0, 0.05) is 38.2 Å². The zero-order valence-electron chi connectivity index (χ0n) is 15.4. The number of pyridine rings is 1. The highest BCUT2D eigenvalue weighted by Crippen LogP contribution is 2.32. The molecular weight excluding hydrogens is 342 g/mol. The molecule has 0 bridgehead atoms. The molecule has 142 valence electrons. The van der Waals surface area contributed by atoms with Gasteiger partial charge in [0.2, 0.25) is 0 Å². The highest BCUT2D eigenvalue weighted by Gasteiger charge is 2.21. The summed E-state index contributed by atoms with van der Waals surface area (Å²) in [5.74, 6) is 1.07. The lowest BCUT2D eigenvalue weighted by atomic mass is 10.0. The number of nitrogens with zero attached hydrogens (tertiary/aromatic N) is 2. The summed E-state index contributed by atoms with van der Waals surface area (Å²) in [6.45, 7) is 3.94. The summed E-state index contributed by atoms with van der Waals surface area (Å²) >= 11 is 0. The highest BCUT2D eigenvalue weighted by atomic mass is 16.6. The number of anilines is 1. The summed E-state index contributed by atoms with van der Waals surface area (Å²) in [7, 11) is 0. The molecular formula is C21H25N3O3. The average Bonchev–Trinajstić information content (AvgIpc) is 3.10. The number of nitrogens with one attached hydrogen (secondary N) is 1. The standard InChI is InChI=1S/C21H25N3O3/c25-21(23-14-16-7-11-26-12-8-16)27-19-4-5-20-17(13-19)6-10-24(20)15-18-3-1-2-9-22-18/h1-5,9,13,16H,6-8,10-12,14-15H2,(H,23,25). The number of carbonyl (C=O) groups excluding carboxylic acids is 1. The van der Waals surface area contributed by atoms with Gasteiger partial charge >= 0.3 is 6.09 Å². The topological polar surface area (TPSA) is 63.7 Å². The van der Waals surface area contributed by atoms with Crippen molar-refractivity contribution in [1.29, 1.82) is 0 Å². The summed E-state index contributed by atoms with van der Waals surface area (Å²) in [6.07, 6.45) is 4.37. The SMILES string of the molecule is O=C(NCC1CCOCC1)Oc1ccc2c(c1)CCN2Cc1ccccn1. The molecule has 0 atom stereocenters. The molecule has 1 N–H and O–H groups in total. The molecule has 0 saturated carbocycles. The average molecular weight is 367 g/mol. The van der Waals surface area contributed by atoms with Crippen LogP contribution in [0.1, 0.15) is 24.1 Å². The number of hydrogen-bond donors (Lipinski definition) is 1. The molecule has 0 aliphatic carbocycles. The third kappa shape index (κ3) is 4.57. The van der Waals surface area contributed by atoms with Gasteiger partial charge in [-0.1, -0.05) is 6.07 Å². The maximum absolute atomic E-state index is 12.1. The summed E-state index contributed by atoms with van der Waals surface area (Å²) in [5.41, 5.74) is 3.45. The third-order valence-electron chi connectivity index (χ3n) is 5.21. The fourth-order valence-corrected chi connectivity index (χ4v) is 3.68. The first-order valence-corrected chi connectivity index (χ1v) is 9.59. The van der Waals surface area contributed by atoms with E-state index in [2.05, 4.69) is 15.2 Å². The molecule has 0 unspecified atom stereocenters. The Hall–Kier alpha value is -2.60. The van der Waals surface area contributed by atoms with Crippen molar-refractivity contribution in [1.82, 2.24) is 10.3 Å². The monoisotopic (exact) mass is 367 g/mol. The first kappa shape index (κ1) is 17.8. The summed E-state index contributed by atoms with van der Waals surface area (Å²) in [6, 6.07) is 11.9. The molecule has 27 heavy (non-hydrogen) atoms. The molecule has 0 radical (unpaired) electrons. The number of hydrogen-bond acceptors (Lipinski definition) is 5. The normalized spacial score (nSPS) is 16.8.